The molecule has 4 atom stereocenters. The predicted molar refractivity (Wildman–Crippen MR) is 130 cm³/mol. The average Bonchev–Trinajstić information content (AvgIpc) is 3.35. The van der Waals surface area contributed by atoms with Crippen molar-refractivity contribution in [1.29, 1.82) is 0 Å². The van der Waals surface area contributed by atoms with Crippen molar-refractivity contribution in [3.8, 4) is 0 Å². The van der Waals surface area contributed by atoms with Crippen LogP contribution in [0.1, 0.15) is 42.9 Å². The molecule has 1 amide bonds. The second-order valence-electron chi connectivity index (χ2n) is 10.1. The Hall–Kier alpha value is -2.63. The van der Waals surface area contributed by atoms with Gasteiger partial charge in [0, 0.05) is 18.0 Å². The topological polar surface area (TPSA) is 118 Å². The summed E-state index contributed by atoms with van der Waals surface area (Å²) < 4.78 is 14.4. The minimum absolute atomic E-state index is 0.0765. The molecule has 0 saturated carbocycles. The molecular formula is C24H32N4O5Si. The lowest BCUT2D eigenvalue weighted by Crippen LogP contribution is -2.48. The molecule has 1 aliphatic heterocycles. The highest BCUT2D eigenvalue weighted by atomic mass is 28.4. The number of hydrogen-bond donors (Lipinski definition) is 3. The van der Waals surface area contributed by atoms with Gasteiger partial charge in [-0.05, 0) is 30.3 Å². The van der Waals surface area contributed by atoms with Crippen LogP contribution < -0.4 is 5.32 Å². The number of hydrogen-bond acceptors (Lipinski definition) is 7. The Morgan fingerprint density at radius 1 is 1.24 bits per heavy atom. The second-order valence-corrected chi connectivity index (χ2v) is 14.8. The minimum Gasteiger partial charge on any atom is -0.408 e. The number of fused-ring (bicyclic) bond motifs is 1. The number of nitrogens with one attached hydrogen (secondary N) is 1. The highest BCUT2D eigenvalue weighted by Gasteiger charge is 2.50. The molecule has 1 aliphatic rings. The van der Waals surface area contributed by atoms with Gasteiger partial charge in [-0.2, -0.15) is 0 Å². The van der Waals surface area contributed by atoms with Crippen molar-refractivity contribution in [2.24, 2.45) is 0 Å². The lowest BCUT2D eigenvalue weighted by Gasteiger charge is -2.40. The molecule has 34 heavy (non-hydrogen) atoms. The van der Waals surface area contributed by atoms with E-state index in [0.717, 1.165) is 0 Å². The van der Waals surface area contributed by atoms with Gasteiger partial charge >= 0.3 is 0 Å². The molecule has 4 rings (SSSR count). The van der Waals surface area contributed by atoms with Crippen LogP contribution in [-0.4, -0.2) is 63.7 Å². The number of carbonyl (C=O) groups is 1. The van der Waals surface area contributed by atoms with Crippen LogP contribution in [-0.2, 0) is 9.16 Å². The van der Waals surface area contributed by atoms with Crippen molar-refractivity contribution in [2.75, 3.05) is 11.9 Å². The molecule has 9 nitrogen and oxygen atoms in total. The predicted octanol–water partition coefficient (Wildman–Crippen LogP) is 3.17. The summed E-state index contributed by atoms with van der Waals surface area (Å²) in [6.07, 6.45) is 1.83. The summed E-state index contributed by atoms with van der Waals surface area (Å²) in [5, 5.41) is 23.5. The average molecular weight is 485 g/mol. The SMILES string of the molecule is CC(C)(C)[Si](C)(C)OC1[C@@H](O)[C@@H](CO)O[C@H]1c1cnc2c(NC(=O)c3ccccc3)nccn12. The number of anilines is 1. The van der Waals surface area contributed by atoms with E-state index >= 15 is 0 Å². The number of ether oxygens (including phenoxy) is 1. The Bertz CT molecular complexity index is 1160. The van der Waals surface area contributed by atoms with Crippen LogP contribution in [0.2, 0.25) is 18.1 Å². The largest absolute Gasteiger partial charge is 0.408 e. The first-order valence-electron chi connectivity index (χ1n) is 11.3. The van der Waals surface area contributed by atoms with E-state index in [1.54, 1.807) is 47.3 Å². The molecule has 3 aromatic rings. The third-order valence-electron chi connectivity index (χ3n) is 6.77. The van der Waals surface area contributed by atoms with E-state index in [1.165, 1.54) is 0 Å². The number of aliphatic hydroxyl groups is 2. The number of benzene rings is 1. The van der Waals surface area contributed by atoms with Crippen molar-refractivity contribution >= 4 is 25.7 Å². The van der Waals surface area contributed by atoms with Gasteiger partial charge in [0.1, 0.15) is 24.4 Å². The molecule has 1 saturated heterocycles. The third-order valence-corrected chi connectivity index (χ3v) is 11.2. The fourth-order valence-electron chi connectivity index (χ4n) is 3.78. The maximum absolute atomic E-state index is 12.7. The standard InChI is InChI=1S/C24H32N4O5Si/c1-24(2,3)34(4,5)33-20-18(30)17(14-29)32-19(20)16-13-26-22-21(25-11-12-28(16)22)27-23(31)15-9-7-6-8-10-15/h6-13,17-20,29-30H,14H2,1-5H3,(H,25,27,31)/t17-,18+,19+,20?/m1/s1. The normalized spacial score (nSPS) is 23.4. The number of aromatic nitrogens is 3. The lowest BCUT2D eigenvalue weighted by atomic mass is 10.1. The van der Waals surface area contributed by atoms with Gasteiger partial charge in [-0.15, -0.1) is 0 Å². The number of aliphatic hydroxyl groups excluding tert-OH is 2. The maximum atomic E-state index is 12.7. The summed E-state index contributed by atoms with van der Waals surface area (Å²) in [4.78, 5) is 21.4. The zero-order valence-electron chi connectivity index (χ0n) is 20.1. The van der Waals surface area contributed by atoms with E-state index in [0.29, 0.717) is 22.7 Å². The van der Waals surface area contributed by atoms with E-state index in [1.807, 2.05) is 6.07 Å². The molecule has 2 aromatic heterocycles. The van der Waals surface area contributed by atoms with Crippen LogP contribution in [0.3, 0.4) is 0 Å². The van der Waals surface area contributed by atoms with Crippen molar-refractivity contribution in [1.82, 2.24) is 14.4 Å². The van der Waals surface area contributed by atoms with Crippen LogP contribution >= 0.6 is 0 Å². The molecule has 1 fully saturated rings. The van der Waals surface area contributed by atoms with Gasteiger partial charge in [-0.25, -0.2) is 9.97 Å². The van der Waals surface area contributed by atoms with Crippen molar-refractivity contribution in [2.45, 2.75) is 63.3 Å². The van der Waals surface area contributed by atoms with E-state index in [-0.39, 0.29) is 17.6 Å². The first-order valence-corrected chi connectivity index (χ1v) is 14.2. The number of carbonyl (C=O) groups excluding carboxylic acids is 1. The van der Waals surface area contributed by atoms with Crippen LogP contribution in [0, 0.1) is 0 Å². The summed E-state index contributed by atoms with van der Waals surface area (Å²) in [7, 11) is -2.27. The molecule has 0 spiro atoms. The highest BCUT2D eigenvalue weighted by molar-refractivity contribution is 6.74. The maximum Gasteiger partial charge on any atom is 0.256 e. The number of rotatable bonds is 6. The first-order chi connectivity index (χ1) is 16.0. The second kappa shape index (κ2) is 9.20. The van der Waals surface area contributed by atoms with Crippen molar-refractivity contribution in [3.05, 3.63) is 60.2 Å². The fraction of sp³-hybridized carbons (Fsp3) is 0.458. The number of nitrogens with zero attached hydrogens (tertiary/aromatic N) is 3. The van der Waals surface area contributed by atoms with Gasteiger partial charge in [-0.3, -0.25) is 9.20 Å². The van der Waals surface area contributed by atoms with Crippen LogP contribution in [0.4, 0.5) is 5.82 Å². The van der Waals surface area contributed by atoms with E-state index in [4.69, 9.17) is 9.16 Å². The molecule has 0 radical (unpaired) electrons. The zero-order chi connectivity index (χ0) is 24.7. The van der Waals surface area contributed by atoms with Gasteiger partial charge in [0.25, 0.3) is 5.91 Å². The molecule has 182 valence electrons. The van der Waals surface area contributed by atoms with Gasteiger partial charge in [0.05, 0.1) is 18.5 Å². The van der Waals surface area contributed by atoms with E-state index in [2.05, 4.69) is 49.1 Å². The molecule has 0 bridgehead atoms. The van der Waals surface area contributed by atoms with Gasteiger partial charge in [0.15, 0.2) is 19.8 Å². The summed E-state index contributed by atoms with van der Waals surface area (Å²) >= 11 is 0. The lowest BCUT2D eigenvalue weighted by molar-refractivity contribution is -0.0240. The molecule has 1 aromatic carbocycles. The number of amides is 1. The summed E-state index contributed by atoms with van der Waals surface area (Å²) in [5.74, 6) is 0.0134. The first kappa shape index (κ1) is 24.5. The van der Waals surface area contributed by atoms with Crippen molar-refractivity contribution in [3.63, 3.8) is 0 Å². The Kier molecular flexibility index (Phi) is 6.62. The van der Waals surface area contributed by atoms with Crippen molar-refractivity contribution < 1.29 is 24.2 Å². The summed E-state index contributed by atoms with van der Waals surface area (Å²) in [5.41, 5.74) is 1.60. The Morgan fingerprint density at radius 3 is 2.59 bits per heavy atom. The van der Waals surface area contributed by atoms with E-state index < -0.39 is 32.7 Å². The van der Waals surface area contributed by atoms with Crippen LogP contribution in [0.25, 0.3) is 5.65 Å². The Morgan fingerprint density at radius 2 is 1.94 bits per heavy atom. The molecule has 3 heterocycles. The summed E-state index contributed by atoms with van der Waals surface area (Å²) in [6, 6.07) is 8.86. The quantitative estimate of drug-likeness (QED) is 0.460. The van der Waals surface area contributed by atoms with Gasteiger partial charge in [0.2, 0.25) is 0 Å². The molecule has 10 heteroatoms. The zero-order valence-corrected chi connectivity index (χ0v) is 21.1. The molecule has 0 aliphatic carbocycles. The Labute approximate surface area is 199 Å². The van der Waals surface area contributed by atoms with Crippen LogP contribution in [0.5, 0.6) is 0 Å². The molecular weight excluding hydrogens is 452 g/mol. The summed E-state index contributed by atoms with van der Waals surface area (Å²) in [6.45, 7) is 10.3. The van der Waals surface area contributed by atoms with Gasteiger partial charge in [-0.1, -0.05) is 39.0 Å². The highest BCUT2D eigenvalue weighted by Crippen LogP contribution is 2.43. The van der Waals surface area contributed by atoms with Gasteiger partial charge < -0.3 is 24.7 Å². The third kappa shape index (κ3) is 4.51. The van der Waals surface area contributed by atoms with E-state index in [9.17, 15) is 15.0 Å². The molecule has 1 unspecified atom stereocenters. The van der Waals surface area contributed by atoms with Crippen LogP contribution in [0.15, 0.2) is 48.9 Å². The monoisotopic (exact) mass is 484 g/mol. The molecule has 3 N–H and O–H groups in total. The smallest absolute Gasteiger partial charge is 0.256 e. The fourth-order valence-corrected chi connectivity index (χ4v) is 5.08. The minimum atomic E-state index is -2.27. The number of imidazole rings is 1. The Balaban J connectivity index is 1.68.